The van der Waals surface area contributed by atoms with Gasteiger partial charge in [-0.2, -0.15) is 0 Å². The number of carboxylic acid groups (broad SMARTS) is 1. The van der Waals surface area contributed by atoms with E-state index in [4.69, 9.17) is 6.42 Å². The van der Waals surface area contributed by atoms with Crippen LogP contribution in [-0.2, 0) is 9.59 Å². The number of aliphatic carboxylic acids is 1. The molecule has 0 aliphatic heterocycles. The molecule has 0 aromatic carbocycles. The third-order valence-corrected chi connectivity index (χ3v) is 3.84. The number of carbonyl (C=O) groups excluding carboxylic acids is 1. The molecule has 18 heavy (non-hydrogen) atoms. The number of terminal acetylenes is 1. The summed E-state index contributed by atoms with van der Waals surface area (Å²) in [6.45, 7) is 0.521. The standard InChI is InChI=1S/C14H17NO3/c1-2-3-4-7-15-13(16)11-9-5-6-10(8-9)12(11)14(17)18/h1,5-6,9-12H,3-4,7-8H2,(H,15,16)(H,17,18). The summed E-state index contributed by atoms with van der Waals surface area (Å²) in [4.78, 5) is 23.3. The summed E-state index contributed by atoms with van der Waals surface area (Å²) >= 11 is 0. The smallest absolute Gasteiger partial charge is 0.307 e. The summed E-state index contributed by atoms with van der Waals surface area (Å²) in [6.07, 6.45) is 11.2. The summed E-state index contributed by atoms with van der Waals surface area (Å²) in [5, 5.41) is 12.0. The predicted octanol–water partition coefficient (Wildman–Crippen LogP) is 1.04. The van der Waals surface area contributed by atoms with E-state index in [0.29, 0.717) is 13.0 Å². The molecule has 2 bridgehead atoms. The van der Waals surface area contributed by atoms with Gasteiger partial charge in [-0.25, -0.2) is 0 Å². The van der Waals surface area contributed by atoms with E-state index in [0.717, 1.165) is 12.8 Å². The zero-order valence-electron chi connectivity index (χ0n) is 10.1. The minimum Gasteiger partial charge on any atom is -0.481 e. The topological polar surface area (TPSA) is 66.4 Å². The molecular weight excluding hydrogens is 230 g/mol. The molecule has 4 atom stereocenters. The van der Waals surface area contributed by atoms with Gasteiger partial charge in [0.15, 0.2) is 0 Å². The van der Waals surface area contributed by atoms with Gasteiger partial charge >= 0.3 is 5.97 Å². The molecule has 1 saturated carbocycles. The van der Waals surface area contributed by atoms with E-state index in [1.165, 1.54) is 0 Å². The fraction of sp³-hybridized carbons (Fsp3) is 0.571. The average molecular weight is 247 g/mol. The molecule has 0 aromatic heterocycles. The van der Waals surface area contributed by atoms with Crippen LogP contribution >= 0.6 is 0 Å². The van der Waals surface area contributed by atoms with Gasteiger partial charge in [0.2, 0.25) is 5.91 Å². The fourth-order valence-corrected chi connectivity index (χ4v) is 3.04. The average Bonchev–Trinajstić information content (AvgIpc) is 2.94. The number of nitrogens with one attached hydrogen (secondary N) is 1. The van der Waals surface area contributed by atoms with E-state index >= 15 is 0 Å². The summed E-state index contributed by atoms with van der Waals surface area (Å²) in [6, 6.07) is 0. The van der Waals surface area contributed by atoms with Gasteiger partial charge in [0.05, 0.1) is 11.8 Å². The number of fused-ring (bicyclic) bond motifs is 2. The van der Waals surface area contributed by atoms with Crippen LogP contribution in [0, 0.1) is 36.0 Å². The second-order valence-electron chi connectivity index (χ2n) is 4.94. The Morgan fingerprint density at radius 1 is 1.33 bits per heavy atom. The fourth-order valence-electron chi connectivity index (χ4n) is 3.04. The Kier molecular flexibility index (Phi) is 3.71. The highest BCUT2D eigenvalue weighted by molar-refractivity contribution is 5.86. The van der Waals surface area contributed by atoms with Crippen LogP contribution in [-0.4, -0.2) is 23.5 Å². The van der Waals surface area contributed by atoms with Crippen LogP contribution in [0.5, 0.6) is 0 Å². The molecule has 4 heteroatoms. The van der Waals surface area contributed by atoms with Crippen molar-refractivity contribution in [1.82, 2.24) is 5.32 Å². The summed E-state index contributed by atoms with van der Waals surface area (Å²) < 4.78 is 0. The minimum absolute atomic E-state index is 0.0222. The van der Waals surface area contributed by atoms with Crippen LogP contribution in [0.25, 0.3) is 0 Å². The van der Waals surface area contributed by atoms with Gasteiger partial charge < -0.3 is 10.4 Å². The van der Waals surface area contributed by atoms with Crippen molar-refractivity contribution in [3.63, 3.8) is 0 Å². The van der Waals surface area contributed by atoms with Crippen LogP contribution < -0.4 is 5.32 Å². The van der Waals surface area contributed by atoms with Crippen molar-refractivity contribution < 1.29 is 14.7 Å². The summed E-state index contributed by atoms with van der Waals surface area (Å²) in [7, 11) is 0. The number of carboxylic acids is 1. The van der Waals surface area contributed by atoms with Crippen molar-refractivity contribution in [1.29, 1.82) is 0 Å². The highest BCUT2D eigenvalue weighted by atomic mass is 16.4. The largest absolute Gasteiger partial charge is 0.481 e. The van der Waals surface area contributed by atoms with Crippen molar-refractivity contribution in [2.24, 2.45) is 23.7 Å². The van der Waals surface area contributed by atoms with Crippen LogP contribution in [0.2, 0.25) is 0 Å². The van der Waals surface area contributed by atoms with E-state index in [1.807, 2.05) is 12.2 Å². The summed E-state index contributed by atoms with van der Waals surface area (Å²) in [5.74, 6) is 0.634. The molecule has 2 aliphatic carbocycles. The zero-order valence-corrected chi connectivity index (χ0v) is 10.1. The zero-order chi connectivity index (χ0) is 13.1. The van der Waals surface area contributed by atoms with Gasteiger partial charge in [0, 0.05) is 13.0 Å². The Balaban J connectivity index is 1.95. The molecule has 4 unspecified atom stereocenters. The molecule has 1 fully saturated rings. The number of hydrogen-bond acceptors (Lipinski definition) is 2. The molecule has 2 N–H and O–H groups in total. The maximum absolute atomic E-state index is 12.1. The lowest BCUT2D eigenvalue weighted by molar-refractivity contribution is -0.147. The lowest BCUT2D eigenvalue weighted by Crippen LogP contribution is -2.40. The molecule has 0 saturated heterocycles. The maximum Gasteiger partial charge on any atom is 0.307 e. The van der Waals surface area contributed by atoms with Gasteiger partial charge in [-0.05, 0) is 24.7 Å². The quantitative estimate of drug-likeness (QED) is 0.433. The number of hydrogen-bond donors (Lipinski definition) is 2. The summed E-state index contributed by atoms with van der Waals surface area (Å²) in [5.41, 5.74) is 0. The Labute approximate surface area is 106 Å². The van der Waals surface area contributed by atoms with Gasteiger partial charge in [-0.15, -0.1) is 12.3 Å². The molecule has 2 rings (SSSR count). The van der Waals surface area contributed by atoms with Crippen molar-refractivity contribution in [2.45, 2.75) is 19.3 Å². The normalized spacial score (nSPS) is 32.2. The SMILES string of the molecule is C#CCCCNC(=O)C1C2C=CC(C2)C1C(=O)O. The van der Waals surface area contributed by atoms with Crippen LogP contribution in [0.15, 0.2) is 12.2 Å². The molecule has 1 amide bonds. The Morgan fingerprint density at radius 3 is 2.61 bits per heavy atom. The number of unbranched alkanes of at least 4 members (excludes halogenated alkanes) is 1. The molecule has 0 aromatic rings. The van der Waals surface area contributed by atoms with Gasteiger partial charge in [0.1, 0.15) is 0 Å². The Bertz CT molecular complexity index is 421. The van der Waals surface area contributed by atoms with E-state index in [1.54, 1.807) is 0 Å². The lowest BCUT2D eigenvalue weighted by atomic mass is 9.82. The predicted molar refractivity (Wildman–Crippen MR) is 66.4 cm³/mol. The lowest BCUT2D eigenvalue weighted by Gasteiger charge is -2.23. The monoisotopic (exact) mass is 247 g/mol. The van der Waals surface area contributed by atoms with Gasteiger partial charge in [-0.3, -0.25) is 9.59 Å². The molecule has 0 heterocycles. The molecule has 2 aliphatic rings. The van der Waals surface area contributed by atoms with Crippen molar-refractivity contribution in [3.8, 4) is 12.3 Å². The highest BCUT2D eigenvalue weighted by Gasteiger charge is 2.51. The van der Waals surface area contributed by atoms with E-state index < -0.39 is 17.8 Å². The first-order chi connectivity index (χ1) is 8.65. The van der Waals surface area contributed by atoms with Crippen LogP contribution in [0.3, 0.4) is 0 Å². The van der Waals surface area contributed by atoms with Crippen molar-refractivity contribution in [3.05, 3.63) is 12.2 Å². The third kappa shape index (κ3) is 2.26. The molecule has 0 spiro atoms. The Hall–Kier alpha value is -1.76. The van der Waals surface area contributed by atoms with Crippen molar-refractivity contribution in [2.75, 3.05) is 6.54 Å². The minimum atomic E-state index is -0.865. The van der Waals surface area contributed by atoms with Crippen LogP contribution in [0.1, 0.15) is 19.3 Å². The second kappa shape index (κ2) is 5.26. The first kappa shape index (κ1) is 12.7. The first-order valence-electron chi connectivity index (χ1n) is 6.27. The number of amides is 1. The Morgan fingerprint density at radius 2 is 2.00 bits per heavy atom. The second-order valence-corrected chi connectivity index (χ2v) is 4.94. The highest BCUT2D eigenvalue weighted by Crippen LogP contribution is 2.48. The van der Waals surface area contributed by atoms with Crippen molar-refractivity contribution >= 4 is 11.9 Å². The molecular formula is C14H17NO3. The molecule has 4 nitrogen and oxygen atoms in total. The van der Waals surface area contributed by atoms with E-state index in [-0.39, 0.29) is 17.7 Å². The van der Waals surface area contributed by atoms with Gasteiger partial charge in [-0.1, -0.05) is 12.2 Å². The van der Waals surface area contributed by atoms with Crippen LogP contribution in [0.4, 0.5) is 0 Å². The number of allylic oxidation sites excluding steroid dienone is 2. The van der Waals surface area contributed by atoms with E-state index in [2.05, 4.69) is 11.2 Å². The number of rotatable bonds is 5. The van der Waals surface area contributed by atoms with Gasteiger partial charge in [0.25, 0.3) is 0 Å². The molecule has 96 valence electrons. The first-order valence-corrected chi connectivity index (χ1v) is 6.27. The molecule has 0 radical (unpaired) electrons. The maximum atomic E-state index is 12.1. The van der Waals surface area contributed by atoms with E-state index in [9.17, 15) is 14.7 Å². The third-order valence-electron chi connectivity index (χ3n) is 3.84. The number of carbonyl (C=O) groups is 2.